The van der Waals surface area contributed by atoms with Crippen LogP contribution in [0.25, 0.3) is 10.8 Å². The Bertz CT molecular complexity index is 859. The van der Waals surface area contributed by atoms with Crippen molar-refractivity contribution in [1.82, 2.24) is 15.5 Å². The molecule has 5 nitrogen and oxygen atoms in total. The number of amides is 1. The fourth-order valence-electron chi connectivity index (χ4n) is 2.51. The van der Waals surface area contributed by atoms with Gasteiger partial charge in [-0.2, -0.15) is 0 Å². The standard InChI is InChI=1S/C17H18N4OS2/c1-10(13-9-5-7-12-6-3-4-8-14(12)13)19-15(22)11(2)23-17-21-20-16(18)24-17/h3-11H,1-2H3,(H2,18,20)(H,19,22)/t10-,11-/m0/s1. The lowest BCUT2D eigenvalue weighted by molar-refractivity contribution is -0.120. The molecular weight excluding hydrogens is 340 g/mol. The highest BCUT2D eigenvalue weighted by Crippen LogP contribution is 2.29. The van der Waals surface area contributed by atoms with Gasteiger partial charge in [0.15, 0.2) is 4.34 Å². The van der Waals surface area contributed by atoms with Crippen LogP contribution in [-0.4, -0.2) is 21.4 Å². The van der Waals surface area contributed by atoms with Gasteiger partial charge in [-0.1, -0.05) is 65.6 Å². The van der Waals surface area contributed by atoms with E-state index in [1.165, 1.54) is 28.5 Å². The lowest BCUT2D eigenvalue weighted by atomic mass is 9.99. The van der Waals surface area contributed by atoms with E-state index in [1.54, 1.807) is 0 Å². The Balaban J connectivity index is 1.71. The largest absolute Gasteiger partial charge is 0.374 e. The van der Waals surface area contributed by atoms with E-state index in [0.717, 1.165) is 10.9 Å². The van der Waals surface area contributed by atoms with E-state index in [9.17, 15) is 4.79 Å². The van der Waals surface area contributed by atoms with Crippen molar-refractivity contribution < 1.29 is 4.79 Å². The van der Waals surface area contributed by atoms with Crippen molar-refractivity contribution in [3.8, 4) is 0 Å². The van der Waals surface area contributed by atoms with Crippen LogP contribution in [0.5, 0.6) is 0 Å². The zero-order chi connectivity index (χ0) is 17.1. The molecule has 3 N–H and O–H groups in total. The van der Waals surface area contributed by atoms with Crippen LogP contribution in [0.15, 0.2) is 46.8 Å². The highest BCUT2D eigenvalue weighted by molar-refractivity contribution is 8.02. The first-order chi connectivity index (χ1) is 11.5. The summed E-state index contributed by atoms with van der Waals surface area (Å²) in [6, 6.07) is 14.2. The van der Waals surface area contributed by atoms with Gasteiger partial charge in [0.2, 0.25) is 11.0 Å². The fourth-order valence-corrected chi connectivity index (χ4v) is 4.30. The van der Waals surface area contributed by atoms with Crippen LogP contribution in [0.3, 0.4) is 0 Å². The Morgan fingerprint density at radius 1 is 1.17 bits per heavy atom. The second-order valence-electron chi connectivity index (χ2n) is 5.46. The quantitative estimate of drug-likeness (QED) is 0.681. The number of aromatic nitrogens is 2. The number of nitrogens with zero attached hydrogens (tertiary/aromatic N) is 2. The zero-order valence-electron chi connectivity index (χ0n) is 13.4. The van der Waals surface area contributed by atoms with E-state index >= 15 is 0 Å². The summed E-state index contributed by atoms with van der Waals surface area (Å²) >= 11 is 2.66. The third-order valence-corrected chi connectivity index (χ3v) is 5.65. The van der Waals surface area contributed by atoms with Crippen molar-refractivity contribution in [1.29, 1.82) is 0 Å². The predicted molar refractivity (Wildman–Crippen MR) is 100 cm³/mol. The number of benzene rings is 2. The maximum Gasteiger partial charge on any atom is 0.233 e. The number of anilines is 1. The number of nitrogens with two attached hydrogens (primary N) is 1. The molecule has 0 unspecified atom stereocenters. The van der Waals surface area contributed by atoms with Gasteiger partial charge in [-0.3, -0.25) is 4.79 Å². The average Bonchev–Trinajstić information content (AvgIpc) is 2.99. The molecule has 0 saturated carbocycles. The number of thioether (sulfide) groups is 1. The predicted octanol–water partition coefficient (Wildman–Crippen LogP) is 3.63. The van der Waals surface area contributed by atoms with E-state index in [4.69, 9.17) is 5.73 Å². The minimum absolute atomic E-state index is 0.0331. The summed E-state index contributed by atoms with van der Waals surface area (Å²) in [6.07, 6.45) is 0. The van der Waals surface area contributed by atoms with Crippen molar-refractivity contribution in [2.24, 2.45) is 0 Å². The maximum absolute atomic E-state index is 12.5. The Labute approximate surface area is 148 Å². The van der Waals surface area contributed by atoms with Crippen LogP contribution in [0.4, 0.5) is 5.13 Å². The van der Waals surface area contributed by atoms with E-state index in [1.807, 2.05) is 32.0 Å². The molecule has 1 heterocycles. The summed E-state index contributed by atoms with van der Waals surface area (Å²) in [5.41, 5.74) is 6.68. The Hall–Kier alpha value is -2.12. The van der Waals surface area contributed by atoms with Crippen LogP contribution in [-0.2, 0) is 4.79 Å². The van der Waals surface area contributed by atoms with E-state index < -0.39 is 0 Å². The number of fused-ring (bicyclic) bond motifs is 1. The number of carbonyl (C=O) groups excluding carboxylic acids is 1. The normalized spacial score (nSPS) is 13.6. The van der Waals surface area contributed by atoms with Crippen molar-refractivity contribution in [3.05, 3.63) is 48.0 Å². The van der Waals surface area contributed by atoms with Gasteiger partial charge in [0.1, 0.15) is 0 Å². The van der Waals surface area contributed by atoms with Crippen LogP contribution in [0, 0.1) is 0 Å². The molecule has 24 heavy (non-hydrogen) atoms. The number of nitrogens with one attached hydrogen (secondary N) is 1. The average molecular weight is 358 g/mol. The molecule has 0 bridgehead atoms. The fraction of sp³-hybridized carbons (Fsp3) is 0.235. The first-order valence-corrected chi connectivity index (χ1v) is 9.28. The molecule has 2 aromatic carbocycles. The van der Waals surface area contributed by atoms with Gasteiger partial charge in [-0.15, -0.1) is 10.2 Å². The van der Waals surface area contributed by atoms with Crippen LogP contribution in [0.2, 0.25) is 0 Å². The minimum atomic E-state index is -0.269. The minimum Gasteiger partial charge on any atom is -0.374 e. The molecule has 7 heteroatoms. The van der Waals surface area contributed by atoms with Gasteiger partial charge in [-0.05, 0) is 30.2 Å². The van der Waals surface area contributed by atoms with E-state index in [2.05, 4.69) is 39.8 Å². The first kappa shape index (κ1) is 16.7. The van der Waals surface area contributed by atoms with Crippen molar-refractivity contribution >= 4 is 44.9 Å². The molecule has 124 valence electrons. The first-order valence-electron chi connectivity index (χ1n) is 7.58. The number of carbonyl (C=O) groups is 1. The van der Waals surface area contributed by atoms with Gasteiger partial charge in [-0.25, -0.2) is 0 Å². The van der Waals surface area contributed by atoms with Crippen LogP contribution >= 0.6 is 23.1 Å². The lowest BCUT2D eigenvalue weighted by Gasteiger charge is -2.18. The summed E-state index contributed by atoms with van der Waals surface area (Å²) in [5, 5.41) is 13.3. The summed E-state index contributed by atoms with van der Waals surface area (Å²) < 4.78 is 0.702. The lowest BCUT2D eigenvalue weighted by Crippen LogP contribution is -2.33. The highest BCUT2D eigenvalue weighted by Gasteiger charge is 2.19. The topological polar surface area (TPSA) is 80.9 Å². The van der Waals surface area contributed by atoms with Crippen LogP contribution < -0.4 is 11.1 Å². The smallest absolute Gasteiger partial charge is 0.233 e. The molecule has 2 atom stereocenters. The molecule has 0 saturated heterocycles. The zero-order valence-corrected chi connectivity index (χ0v) is 15.0. The Morgan fingerprint density at radius 2 is 1.92 bits per heavy atom. The van der Waals surface area contributed by atoms with E-state index in [-0.39, 0.29) is 17.2 Å². The van der Waals surface area contributed by atoms with E-state index in [0.29, 0.717) is 9.47 Å². The Kier molecular flexibility index (Phi) is 5.01. The van der Waals surface area contributed by atoms with Crippen molar-refractivity contribution in [2.75, 3.05) is 5.73 Å². The molecular formula is C17H18N4OS2. The Morgan fingerprint density at radius 3 is 2.67 bits per heavy atom. The SMILES string of the molecule is C[C@H](Sc1nnc(N)s1)C(=O)N[C@@H](C)c1cccc2ccccc12. The third kappa shape index (κ3) is 3.68. The van der Waals surface area contributed by atoms with Crippen LogP contribution in [0.1, 0.15) is 25.5 Å². The molecule has 0 aliphatic heterocycles. The van der Waals surface area contributed by atoms with Gasteiger partial charge < -0.3 is 11.1 Å². The number of nitrogen functional groups attached to an aromatic ring is 1. The molecule has 0 spiro atoms. The monoisotopic (exact) mass is 358 g/mol. The molecule has 3 rings (SSSR count). The second-order valence-corrected chi connectivity index (χ2v) is 8.06. The molecule has 1 aromatic heterocycles. The summed E-state index contributed by atoms with van der Waals surface area (Å²) in [6.45, 7) is 3.85. The maximum atomic E-state index is 12.5. The number of hydrogen-bond acceptors (Lipinski definition) is 6. The van der Waals surface area contributed by atoms with Gasteiger partial charge in [0.05, 0.1) is 11.3 Å². The van der Waals surface area contributed by atoms with Gasteiger partial charge >= 0.3 is 0 Å². The van der Waals surface area contributed by atoms with Crippen molar-refractivity contribution in [3.63, 3.8) is 0 Å². The summed E-state index contributed by atoms with van der Waals surface area (Å²) in [4.78, 5) is 12.5. The molecule has 0 radical (unpaired) electrons. The third-order valence-electron chi connectivity index (χ3n) is 3.72. The van der Waals surface area contributed by atoms with Gasteiger partial charge in [0, 0.05) is 0 Å². The molecule has 0 aliphatic rings. The molecule has 3 aromatic rings. The highest BCUT2D eigenvalue weighted by atomic mass is 32.2. The summed E-state index contributed by atoms with van der Waals surface area (Å²) in [7, 11) is 0. The summed E-state index contributed by atoms with van der Waals surface area (Å²) in [5.74, 6) is -0.0331. The number of rotatable bonds is 5. The van der Waals surface area contributed by atoms with Gasteiger partial charge in [0.25, 0.3) is 0 Å². The molecule has 0 aliphatic carbocycles. The molecule has 0 fully saturated rings. The number of hydrogen-bond donors (Lipinski definition) is 2. The second kappa shape index (κ2) is 7.19. The van der Waals surface area contributed by atoms with Crippen molar-refractivity contribution in [2.45, 2.75) is 29.5 Å². The molecule has 1 amide bonds.